The first-order chi connectivity index (χ1) is 6.81. The third-order valence-corrected chi connectivity index (χ3v) is 4.17. The lowest BCUT2D eigenvalue weighted by Gasteiger charge is -2.19. The Kier molecular flexibility index (Phi) is 2.17. The number of sulfonamides is 1. The van der Waals surface area contributed by atoms with E-state index in [1.165, 1.54) is 5.56 Å². The monoisotopic (exact) mass is 225 g/mol. The highest BCUT2D eigenvalue weighted by atomic mass is 32.2. The van der Waals surface area contributed by atoms with Gasteiger partial charge in [0, 0.05) is 6.54 Å². The molecule has 0 fully saturated rings. The molecule has 2 rings (SSSR count). The van der Waals surface area contributed by atoms with E-state index in [2.05, 4.69) is 25.5 Å². The van der Waals surface area contributed by atoms with Crippen molar-refractivity contribution in [2.45, 2.75) is 37.6 Å². The van der Waals surface area contributed by atoms with Crippen LogP contribution in [-0.4, -0.2) is 8.42 Å². The lowest BCUT2D eigenvalue weighted by molar-refractivity contribution is 0.586. The zero-order valence-electron chi connectivity index (χ0n) is 9.16. The summed E-state index contributed by atoms with van der Waals surface area (Å²) in [4.78, 5) is 0.426. The van der Waals surface area contributed by atoms with E-state index < -0.39 is 10.0 Å². The molecule has 1 aromatic rings. The maximum Gasteiger partial charge on any atom is 0.241 e. The average molecular weight is 225 g/mol. The van der Waals surface area contributed by atoms with E-state index in [0.29, 0.717) is 11.4 Å². The van der Waals surface area contributed by atoms with Crippen molar-refractivity contribution in [1.29, 1.82) is 0 Å². The van der Waals surface area contributed by atoms with Crippen molar-refractivity contribution < 1.29 is 8.42 Å². The molecule has 4 heteroatoms. The van der Waals surface area contributed by atoms with E-state index in [1.807, 2.05) is 12.1 Å². The summed E-state index contributed by atoms with van der Waals surface area (Å²) >= 11 is 0. The number of hydrogen-bond donors (Lipinski definition) is 1. The molecular formula is C11H15NO2S. The van der Waals surface area contributed by atoms with Gasteiger partial charge in [-0.05, 0) is 22.6 Å². The number of nitrogens with one attached hydrogen (secondary N) is 1. The van der Waals surface area contributed by atoms with Gasteiger partial charge in [0.05, 0.1) is 4.90 Å². The highest BCUT2D eigenvalue weighted by Crippen LogP contribution is 2.29. The van der Waals surface area contributed by atoms with E-state index in [9.17, 15) is 8.42 Å². The van der Waals surface area contributed by atoms with Crippen LogP contribution in [0.15, 0.2) is 23.1 Å². The van der Waals surface area contributed by atoms with Crippen molar-refractivity contribution in [3.05, 3.63) is 29.3 Å². The molecule has 0 aromatic heterocycles. The molecule has 0 spiro atoms. The summed E-state index contributed by atoms with van der Waals surface area (Å²) in [5.41, 5.74) is 2.10. The van der Waals surface area contributed by atoms with Gasteiger partial charge < -0.3 is 0 Å². The first-order valence-electron chi connectivity index (χ1n) is 4.94. The Balaban J connectivity index is 2.56. The van der Waals surface area contributed by atoms with Crippen molar-refractivity contribution in [3.8, 4) is 0 Å². The second-order valence-electron chi connectivity index (χ2n) is 4.90. The molecule has 0 saturated heterocycles. The lowest BCUT2D eigenvalue weighted by atomic mass is 9.86. The van der Waals surface area contributed by atoms with E-state index in [1.54, 1.807) is 6.07 Å². The Morgan fingerprint density at radius 3 is 2.53 bits per heavy atom. The Bertz CT molecular complexity index is 498. The van der Waals surface area contributed by atoms with Gasteiger partial charge in [-0.25, -0.2) is 13.1 Å². The van der Waals surface area contributed by atoms with Crippen LogP contribution in [0.5, 0.6) is 0 Å². The van der Waals surface area contributed by atoms with Crippen molar-refractivity contribution in [3.63, 3.8) is 0 Å². The minimum Gasteiger partial charge on any atom is -0.207 e. The van der Waals surface area contributed by atoms with Gasteiger partial charge in [-0.1, -0.05) is 32.9 Å². The average Bonchev–Trinajstić information content (AvgIpc) is 2.41. The standard InChI is InChI=1S/C11H15NO2S/c1-11(2,3)9-4-5-10-8(6-9)7-12-15(10,13)14/h4-6,12H,7H2,1-3H3. The second-order valence-corrected chi connectivity index (χ2v) is 6.63. The SMILES string of the molecule is CC(C)(C)c1ccc2c(c1)CNS2(=O)=O. The topological polar surface area (TPSA) is 46.2 Å². The largest absolute Gasteiger partial charge is 0.241 e. The fourth-order valence-electron chi connectivity index (χ4n) is 1.70. The van der Waals surface area contributed by atoms with Crippen molar-refractivity contribution >= 4 is 10.0 Å². The van der Waals surface area contributed by atoms with Crippen LogP contribution < -0.4 is 4.72 Å². The molecule has 1 aliphatic rings. The Morgan fingerprint density at radius 1 is 1.27 bits per heavy atom. The lowest BCUT2D eigenvalue weighted by Crippen LogP contribution is -2.13. The van der Waals surface area contributed by atoms with Gasteiger partial charge in [-0.15, -0.1) is 0 Å². The van der Waals surface area contributed by atoms with Gasteiger partial charge in [0.2, 0.25) is 10.0 Å². The van der Waals surface area contributed by atoms with E-state index >= 15 is 0 Å². The maximum atomic E-state index is 11.5. The van der Waals surface area contributed by atoms with Crippen LogP contribution in [0.3, 0.4) is 0 Å². The third kappa shape index (κ3) is 1.79. The van der Waals surface area contributed by atoms with Crippen molar-refractivity contribution in [2.75, 3.05) is 0 Å². The number of fused-ring (bicyclic) bond motifs is 1. The van der Waals surface area contributed by atoms with E-state index in [0.717, 1.165) is 5.56 Å². The van der Waals surface area contributed by atoms with Crippen LogP contribution in [0.25, 0.3) is 0 Å². The molecule has 0 bridgehead atoms. The predicted octanol–water partition coefficient (Wildman–Crippen LogP) is 1.78. The molecule has 15 heavy (non-hydrogen) atoms. The van der Waals surface area contributed by atoms with Crippen LogP contribution in [-0.2, 0) is 22.0 Å². The Morgan fingerprint density at radius 2 is 1.93 bits per heavy atom. The molecule has 1 aliphatic heterocycles. The summed E-state index contributed by atoms with van der Waals surface area (Å²) < 4.78 is 25.5. The molecule has 0 saturated carbocycles. The maximum absolute atomic E-state index is 11.5. The smallest absolute Gasteiger partial charge is 0.207 e. The van der Waals surface area contributed by atoms with Gasteiger partial charge in [0.25, 0.3) is 0 Å². The number of hydrogen-bond acceptors (Lipinski definition) is 2. The molecule has 0 aliphatic carbocycles. The molecular weight excluding hydrogens is 210 g/mol. The fraction of sp³-hybridized carbons (Fsp3) is 0.455. The molecule has 1 heterocycles. The van der Waals surface area contributed by atoms with E-state index in [4.69, 9.17) is 0 Å². The molecule has 82 valence electrons. The molecule has 0 unspecified atom stereocenters. The van der Waals surface area contributed by atoms with Crippen LogP contribution >= 0.6 is 0 Å². The molecule has 0 atom stereocenters. The van der Waals surface area contributed by atoms with Crippen LogP contribution in [0.2, 0.25) is 0 Å². The highest BCUT2D eigenvalue weighted by Gasteiger charge is 2.26. The molecule has 0 radical (unpaired) electrons. The summed E-state index contributed by atoms with van der Waals surface area (Å²) in [7, 11) is -3.22. The van der Waals surface area contributed by atoms with Crippen LogP contribution in [0, 0.1) is 0 Å². The quantitative estimate of drug-likeness (QED) is 0.731. The first kappa shape index (κ1) is 10.6. The summed E-state index contributed by atoms with van der Waals surface area (Å²) in [6.07, 6.45) is 0. The molecule has 3 nitrogen and oxygen atoms in total. The van der Waals surface area contributed by atoms with Gasteiger partial charge >= 0.3 is 0 Å². The molecule has 0 amide bonds. The minimum atomic E-state index is -3.22. The van der Waals surface area contributed by atoms with Crippen LogP contribution in [0.1, 0.15) is 31.9 Å². The summed E-state index contributed by atoms with van der Waals surface area (Å²) in [6, 6.07) is 5.57. The zero-order valence-corrected chi connectivity index (χ0v) is 9.98. The number of rotatable bonds is 0. The first-order valence-corrected chi connectivity index (χ1v) is 6.42. The summed E-state index contributed by atoms with van der Waals surface area (Å²) in [5, 5.41) is 0. The number of benzene rings is 1. The van der Waals surface area contributed by atoms with Gasteiger partial charge in [0.1, 0.15) is 0 Å². The van der Waals surface area contributed by atoms with Crippen LogP contribution in [0.4, 0.5) is 0 Å². The third-order valence-electron chi connectivity index (χ3n) is 2.67. The fourth-order valence-corrected chi connectivity index (χ4v) is 2.92. The van der Waals surface area contributed by atoms with Gasteiger partial charge in [-0.3, -0.25) is 0 Å². The van der Waals surface area contributed by atoms with Crippen molar-refractivity contribution in [2.24, 2.45) is 0 Å². The van der Waals surface area contributed by atoms with E-state index in [-0.39, 0.29) is 5.41 Å². The molecule has 1 aromatic carbocycles. The predicted molar refractivity (Wildman–Crippen MR) is 59.2 cm³/mol. The Hall–Kier alpha value is -0.870. The van der Waals surface area contributed by atoms with Gasteiger partial charge in [0.15, 0.2) is 0 Å². The van der Waals surface area contributed by atoms with Crippen molar-refractivity contribution in [1.82, 2.24) is 4.72 Å². The second kappa shape index (κ2) is 3.06. The zero-order chi connectivity index (χ0) is 11.3. The summed E-state index contributed by atoms with van der Waals surface area (Å²) in [5.74, 6) is 0. The van der Waals surface area contributed by atoms with Gasteiger partial charge in [-0.2, -0.15) is 0 Å². The molecule has 1 N–H and O–H groups in total. The minimum absolute atomic E-state index is 0.0569. The highest BCUT2D eigenvalue weighted by molar-refractivity contribution is 7.89. The Labute approximate surface area is 90.6 Å². The normalized spacial score (nSPS) is 18.9. The summed E-state index contributed by atoms with van der Waals surface area (Å²) in [6.45, 7) is 6.77.